The van der Waals surface area contributed by atoms with Crippen LogP contribution < -0.4 is 0 Å². The number of likely N-dealkylation sites (tertiary alicyclic amines) is 1. The maximum atomic E-state index is 11.1. The largest absolute Gasteiger partial charge is 0.464 e. The van der Waals surface area contributed by atoms with Crippen molar-refractivity contribution >= 4 is 5.97 Å². The lowest BCUT2D eigenvalue weighted by molar-refractivity contribution is -0.145. The second kappa shape index (κ2) is 5.22. The highest BCUT2D eigenvalue weighted by Gasteiger charge is 2.21. The molecule has 0 aromatic rings. The van der Waals surface area contributed by atoms with E-state index in [-0.39, 0.29) is 5.97 Å². The van der Waals surface area contributed by atoms with Gasteiger partial charge in [0.2, 0.25) is 0 Å². The van der Waals surface area contributed by atoms with Crippen molar-refractivity contribution in [2.24, 2.45) is 0 Å². The minimum absolute atomic E-state index is 0.0530. The number of likely N-dealkylation sites (N-methyl/N-ethyl adjacent to an activating group) is 1. The normalized spacial score (nSPS) is 23.4. The van der Waals surface area contributed by atoms with Gasteiger partial charge in [-0.2, -0.15) is 0 Å². The van der Waals surface area contributed by atoms with Gasteiger partial charge in [0, 0.05) is 12.5 Å². The van der Waals surface area contributed by atoms with Crippen molar-refractivity contribution in [3.8, 4) is 0 Å². The lowest BCUT2D eigenvalue weighted by Crippen LogP contribution is -2.30. The van der Waals surface area contributed by atoms with Crippen molar-refractivity contribution in [2.45, 2.75) is 38.6 Å². The first-order valence-corrected chi connectivity index (χ1v) is 5.10. The van der Waals surface area contributed by atoms with E-state index in [1.807, 2.05) is 6.92 Å². The molecule has 1 aliphatic rings. The summed E-state index contributed by atoms with van der Waals surface area (Å²) in [6.07, 6.45) is 3.82. The van der Waals surface area contributed by atoms with E-state index < -0.39 is 0 Å². The second-order valence-corrected chi connectivity index (χ2v) is 3.71. The molecule has 1 rings (SSSR count). The summed E-state index contributed by atoms with van der Waals surface area (Å²) in [5.74, 6) is -0.0530. The van der Waals surface area contributed by atoms with E-state index >= 15 is 0 Å². The Bertz CT molecular complexity index is 170. The summed E-state index contributed by atoms with van der Waals surface area (Å²) in [6.45, 7) is 3.70. The standard InChI is InChI=1S/C10H19NO2/c1-3-5-10(12)13-8-9-6-4-7-11(9)2/h9H,3-8H2,1-2H3/t9-/m0/s1. The van der Waals surface area contributed by atoms with E-state index in [0.717, 1.165) is 19.4 Å². The van der Waals surface area contributed by atoms with Gasteiger partial charge in [-0.15, -0.1) is 0 Å². The number of carbonyl (C=O) groups excluding carboxylic acids is 1. The summed E-state index contributed by atoms with van der Waals surface area (Å²) in [6, 6.07) is 0.459. The molecule has 0 radical (unpaired) electrons. The van der Waals surface area contributed by atoms with Crippen molar-refractivity contribution in [1.82, 2.24) is 4.90 Å². The van der Waals surface area contributed by atoms with Gasteiger partial charge in [0.1, 0.15) is 6.61 Å². The van der Waals surface area contributed by atoms with Crippen molar-refractivity contribution in [1.29, 1.82) is 0 Å². The monoisotopic (exact) mass is 185 g/mol. The molecule has 3 heteroatoms. The highest BCUT2D eigenvalue weighted by Crippen LogP contribution is 2.14. The molecule has 0 saturated carbocycles. The first-order chi connectivity index (χ1) is 6.24. The van der Waals surface area contributed by atoms with Crippen LogP contribution in [-0.2, 0) is 9.53 Å². The third-order valence-corrected chi connectivity index (χ3v) is 2.56. The number of hydrogen-bond donors (Lipinski definition) is 0. The lowest BCUT2D eigenvalue weighted by atomic mass is 10.2. The highest BCUT2D eigenvalue weighted by atomic mass is 16.5. The predicted octanol–water partition coefficient (Wildman–Crippen LogP) is 1.42. The third kappa shape index (κ3) is 3.35. The molecule has 0 aromatic carbocycles. The average Bonchev–Trinajstić information content (AvgIpc) is 2.48. The van der Waals surface area contributed by atoms with E-state index in [1.165, 1.54) is 6.42 Å². The summed E-state index contributed by atoms with van der Waals surface area (Å²) in [5.41, 5.74) is 0. The fourth-order valence-corrected chi connectivity index (χ4v) is 1.66. The van der Waals surface area contributed by atoms with Crippen molar-refractivity contribution in [3.05, 3.63) is 0 Å². The highest BCUT2D eigenvalue weighted by molar-refractivity contribution is 5.69. The molecule has 1 saturated heterocycles. The fraction of sp³-hybridized carbons (Fsp3) is 0.900. The Morgan fingerprint density at radius 1 is 1.62 bits per heavy atom. The first-order valence-electron chi connectivity index (χ1n) is 5.10. The summed E-state index contributed by atoms with van der Waals surface area (Å²) in [4.78, 5) is 13.3. The van der Waals surface area contributed by atoms with Crippen LogP contribution in [-0.4, -0.2) is 37.1 Å². The molecular formula is C10H19NO2. The molecule has 3 nitrogen and oxygen atoms in total. The van der Waals surface area contributed by atoms with Crippen LogP contribution in [0, 0.1) is 0 Å². The Morgan fingerprint density at radius 2 is 2.38 bits per heavy atom. The number of rotatable bonds is 4. The average molecular weight is 185 g/mol. The summed E-state index contributed by atoms with van der Waals surface area (Å²) >= 11 is 0. The molecule has 1 heterocycles. The molecule has 1 atom stereocenters. The molecule has 0 unspecified atom stereocenters. The molecule has 0 amide bonds. The maximum Gasteiger partial charge on any atom is 0.305 e. The zero-order valence-corrected chi connectivity index (χ0v) is 8.58. The number of hydrogen-bond acceptors (Lipinski definition) is 3. The Balaban J connectivity index is 2.14. The van der Waals surface area contributed by atoms with Crippen LogP contribution in [0.5, 0.6) is 0 Å². The van der Waals surface area contributed by atoms with E-state index in [1.54, 1.807) is 0 Å². The third-order valence-electron chi connectivity index (χ3n) is 2.56. The first kappa shape index (κ1) is 10.5. The number of carbonyl (C=O) groups is 1. The van der Waals surface area contributed by atoms with E-state index in [9.17, 15) is 4.79 Å². The summed E-state index contributed by atoms with van der Waals surface area (Å²) < 4.78 is 5.16. The minimum atomic E-state index is -0.0530. The van der Waals surface area contributed by atoms with Crippen LogP contribution in [0.2, 0.25) is 0 Å². The van der Waals surface area contributed by atoms with Crippen LogP contribution in [0.25, 0.3) is 0 Å². The van der Waals surface area contributed by atoms with Crippen LogP contribution in [0.1, 0.15) is 32.6 Å². The number of nitrogens with zero attached hydrogens (tertiary/aromatic N) is 1. The van der Waals surface area contributed by atoms with E-state index in [2.05, 4.69) is 11.9 Å². The Hall–Kier alpha value is -0.570. The van der Waals surface area contributed by atoms with Crippen molar-refractivity contribution in [2.75, 3.05) is 20.2 Å². The van der Waals surface area contributed by atoms with Crippen LogP contribution in [0.3, 0.4) is 0 Å². The van der Waals surface area contributed by atoms with Gasteiger partial charge >= 0.3 is 5.97 Å². The smallest absolute Gasteiger partial charge is 0.305 e. The number of ether oxygens (including phenoxy) is 1. The Kier molecular flexibility index (Phi) is 4.22. The van der Waals surface area contributed by atoms with Crippen molar-refractivity contribution in [3.63, 3.8) is 0 Å². The molecule has 76 valence electrons. The van der Waals surface area contributed by atoms with Gasteiger partial charge in [-0.25, -0.2) is 0 Å². The number of esters is 1. The molecular weight excluding hydrogens is 166 g/mol. The van der Waals surface area contributed by atoms with E-state index in [0.29, 0.717) is 19.1 Å². The van der Waals surface area contributed by atoms with Crippen molar-refractivity contribution < 1.29 is 9.53 Å². The molecule has 0 spiro atoms. The van der Waals surface area contributed by atoms with Gasteiger partial charge in [-0.3, -0.25) is 4.79 Å². The van der Waals surface area contributed by atoms with E-state index in [4.69, 9.17) is 4.74 Å². The SMILES string of the molecule is CCCC(=O)OC[C@@H]1CCCN1C. The summed E-state index contributed by atoms with van der Waals surface area (Å²) in [5, 5.41) is 0. The molecule has 13 heavy (non-hydrogen) atoms. The lowest BCUT2D eigenvalue weighted by Gasteiger charge is -2.18. The Labute approximate surface area is 80.1 Å². The molecule has 1 aliphatic heterocycles. The van der Waals surface area contributed by atoms with Gasteiger partial charge in [-0.1, -0.05) is 6.92 Å². The Morgan fingerprint density at radius 3 is 2.92 bits per heavy atom. The van der Waals surface area contributed by atoms with Gasteiger partial charge in [0.25, 0.3) is 0 Å². The van der Waals surface area contributed by atoms with Gasteiger partial charge in [0.05, 0.1) is 0 Å². The van der Waals surface area contributed by atoms with Crippen LogP contribution in [0.15, 0.2) is 0 Å². The van der Waals surface area contributed by atoms with Gasteiger partial charge < -0.3 is 9.64 Å². The molecule has 1 fully saturated rings. The quantitative estimate of drug-likeness (QED) is 0.620. The maximum absolute atomic E-state index is 11.1. The molecule has 0 aliphatic carbocycles. The zero-order chi connectivity index (χ0) is 9.68. The second-order valence-electron chi connectivity index (χ2n) is 3.71. The van der Waals surface area contributed by atoms with Gasteiger partial charge in [-0.05, 0) is 32.9 Å². The molecule has 0 N–H and O–H groups in total. The van der Waals surface area contributed by atoms with Gasteiger partial charge in [0.15, 0.2) is 0 Å². The topological polar surface area (TPSA) is 29.5 Å². The van der Waals surface area contributed by atoms with Crippen LogP contribution >= 0.6 is 0 Å². The zero-order valence-electron chi connectivity index (χ0n) is 8.58. The fourth-order valence-electron chi connectivity index (χ4n) is 1.66. The predicted molar refractivity (Wildman–Crippen MR) is 51.5 cm³/mol. The van der Waals surface area contributed by atoms with Crippen LogP contribution in [0.4, 0.5) is 0 Å². The molecule has 0 aromatic heterocycles. The minimum Gasteiger partial charge on any atom is -0.464 e. The molecule has 0 bridgehead atoms. The summed E-state index contributed by atoms with van der Waals surface area (Å²) in [7, 11) is 2.09.